The average molecular weight is 277 g/mol. The molecule has 1 aliphatic carbocycles. The molecule has 4 rings (SSSR count). The molecule has 0 radical (unpaired) electrons. The number of rotatable bonds is 1. The van der Waals surface area contributed by atoms with Crippen LogP contribution in [0.15, 0.2) is 48.7 Å². The summed E-state index contributed by atoms with van der Waals surface area (Å²) in [6.45, 7) is 2.19. The highest BCUT2D eigenvalue weighted by atomic mass is 32.2. The summed E-state index contributed by atoms with van der Waals surface area (Å²) in [4.78, 5) is 4.54. The molecule has 3 aromatic rings. The lowest BCUT2D eigenvalue weighted by Gasteiger charge is -2.14. The number of benzene rings is 2. The van der Waals surface area contributed by atoms with Gasteiger partial charge in [-0.1, -0.05) is 30.3 Å². The number of thioether (sulfide) groups is 1. The van der Waals surface area contributed by atoms with Crippen LogP contribution in [0.2, 0.25) is 0 Å². The van der Waals surface area contributed by atoms with Gasteiger partial charge < -0.3 is 0 Å². The van der Waals surface area contributed by atoms with Crippen molar-refractivity contribution in [1.29, 1.82) is 0 Å². The van der Waals surface area contributed by atoms with Crippen LogP contribution in [0.25, 0.3) is 22.0 Å². The molecular formula is C18H15NS. The minimum absolute atomic E-state index is 0.424. The minimum atomic E-state index is 0.424. The Kier molecular flexibility index (Phi) is 2.61. The molecule has 1 aliphatic rings. The van der Waals surface area contributed by atoms with Crippen molar-refractivity contribution in [3.05, 3.63) is 65.4 Å². The van der Waals surface area contributed by atoms with E-state index < -0.39 is 0 Å². The van der Waals surface area contributed by atoms with E-state index in [2.05, 4.69) is 60.6 Å². The molecule has 1 unspecified atom stereocenters. The summed E-state index contributed by atoms with van der Waals surface area (Å²) in [6.07, 6.45) is 4.10. The first-order valence-corrected chi connectivity index (χ1v) is 8.10. The zero-order chi connectivity index (χ0) is 13.7. The van der Waals surface area contributed by atoms with Crippen molar-refractivity contribution in [2.45, 2.75) is 12.2 Å². The topological polar surface area (TPSA) is 12.9 Å². The zero-order valence-electron chi connectivity index (χ0n) is 11.6. The van der Waals surface area contributed by atoms with Crippen molar-refractivity contribution in [1.82, 2.24) is 4.98 Å². The Labute approximate surface area is 123 Å². The van der Waals surface area contributed by atoms with E-state index in [1.54, 1.807) is 0 Å². The Morgan fingerprint density at radius 1 is 1.00 bits per heavy atom. The molecule has 1 atom stereocenters. The van der Waals surface area contributed by atoms with Crippen LogP contribution in [0.1, 0.15) is 21.9 Å². The number of hydrogen-bond acceptors (Lipinski definition) is 2. The van der Waals surface area contributed by atoms with E-state index in [9.17, 15) is 0 Å². The largest absolute Gasteiger partial charge is 0.256 e. The third-order valence-corrected chi connectivity index (χ3v) is 5.15. The van der Waals surface area contributed by atoms with E-state index in [1.165, 1.54) is 33.2 Å². The summed E-state index contributed by atoms with van der Waals surface area (Å²) in [5, 5.41) is 1.76. The van der Waals surface area contributed by atoms with Crippen LogP contribution >= 0.6 is 11.8 Å². The molecule has 2 aromatic carbocycles. The van der Waals surface area contributed by atoms with E-state index >= 15 is 0 Å². The summed E-state index contributed by atoms with van der Waals surface area (Å²) < 4.78 is 0. The predicted molar refractivity (Wildman–Crippen MR) is 87.3 cm³/mol. The van der Waals surface area contributed by atoms with Gasteiger partial charge in [-0.05, 0) is 53.1 Å². The lowest BCUT2D eigenvalue weighted by atomic mass is 9.99. The van der Waals surface area contributed by atoms with Gasteiger partial charge >= 0.3 is 0 Å². The van der Waals surface area contributed by atoms with Crippen LogP contribution in [0.3, 0.4) is 0 Å². The molecule has 0 aliphatic heterocycles. The van der Waals surface area contributed by atoms with Crippen LogP contribution < -0.4 is 0 Å². The first kappa shape index (κ1) is 12.0. The summed E-state index contributed by atoms with van der Waals surface area (Å²) in [7, 11) is 0. The summed E-state index contributed by atoms with van der Waals surface area (Å²) >= 11 is 1.91. The molecule has 0 saturated heterocycles. The smallest absolute Gasteiger partial charge is 0.0708 e. The Balaban J connectivity index is 2.16. The summed E-state index contributed by atoms with van der Waals surface area (Å²) in [5.74, 6) is 0. The molecule has 1 heterocycles. The second-order valence-electron chi connectivity index (χ2n) is 5.25. The van der Waals surface area contributed by atoms with Gasteiger partial charge in [0.1, 0.15) is 0 Å². The molecule has 0 saturated carbocycles. The van der Waals surface area contributed by atoms with E-state index in [-0.39, 0.29) is 0 Å². The predicted octanol–water partition coefficient (Wildman–Crippen LogP) is 4.98. The molecule has 1 nitrogen and oxygen atoms in total. The second kappa shape index (κ2) is 4.35. The van der Waals surface area contributed by atoms with Crippen molar-refractivity contribution in [2.75, 3.05) is 6.26 Å². The molecule has 1 aromatic heterocycles. The van der Waals surface area contributed by atoms with Gasteiger partial charge in [-0.25, -0.2) is 0 Å². The molecule has 0 fully saturated rings. The molecule has 0 N–H and O–H groups in total. The number of hydrogen-bond donors (Lipinski definition) is 0. The Morgan fingerprint density at radius 3 is 2.70 bits per heavy atom. The van der Waals surface area contributed by atoms with Gasteiger partial charge in [0.15, 0.2) is 0 Å². The maximum Gasteiger partial charge on any atom is 0.0708 e. The third-order valence-electron chi connectivity index (χ3n) is 4.19. The van der Waals surface area contributed by atoms with E-state index in [4.69, 9.17) is 0 Å². The van der Waals surface area contributed by atoms with Gasteiger partial charge in [-0.2, -0.15) is 11.8 Å². The van der Waals surface area contributed by atoms with Crippen molar-refractivity contribution >= 4 is 22.7 Å². The number of fused-ring (bicyclic) bond motifs is 5. The van der Waals surface area contributed by atoms with Gasteiger partial charge in [0, 0.05) is 11.6 Å². The summed E-state index contributed by atoms with van der Waals surface area (Å²) in [5.41, 5.74) is 8.07. The van der Waals surface area contributed by atoms with E-state index in [1.807, 2.05) is 18.0 Å². The molecule has 98 valence electrons. The number of aromatic nitrogens is 1. The quantitative estimate of drug-likeness (QED) is 0.622. The molecule has 0 amide bonds. The van der Waals surface area contributed by atoms with E-state index in [0.717, 1.165) is 5.52 Å². The maximum atomic E-state index is 4.54. The fraction of sp³-hybridized carbons (Fsp3) is 0.167. The van der Waals surface area contributed by atoms with Crippen molar-refractivity contribution in [3.63, 3.8) is 0 Å². The van der Waals surface area contributed by atoms with Gasteiger partial charge in [-0.15, -0.1) is 0 Å². The Bertz CT molecular complexity index is 823. The standard InChI is InChI=1S/C18H15NS/c1-11-9-10-19-15-8-7-13-12-5-3-4-6-14(12)18(20-2)17(13)16(11)15/h3-10,18H,1-2H3. The normalized spacial score (nSPS) is 16.2. The lowest BCUT2D eigenvalue weighted by Crippen LogP contribution is -1.94. The monoisotopic (exact) mass is 277 g/mol. The van der Waals surface area contributed by atoms with Gasteiger partial charge in [-0.3, -0.25) is 4.98 Å². The molecule has 0 bridgehead atoms. The number of pyridine rings is 1. The Hall–Kier alpha value is -1.80. The highest BCUT2D eigenvalue weighted by Crippen LogP contribution is 2.52. The highest BCUT2D eigenvalue weighted by molar-refractivity contribution is 7.99. The van der Waals surface area contributed by atoms with Gasteiger partial charge in [0.2, 0.25) is 0 Å². The van der Waals surface area contributed by atoms with Crippen molar-refractivity contribution in [3.8, 4) is 11.1 Å². The van der Waals surface area contributed by atoms with Crippen molar-refractivity contribution in [2.24, 2.45) is 0 Å². The van der Waals surface area contributed by atoms with Crippen LogP contribution in [0.5, 0.6) is 0 Å². The maximum absolute atomic E-state index is 4.54. The Morgan fingerprint density at radius 2 is 1.85 bits per heavy atom. The molecule has 2 heteroatoms. The zero-order valence-corrected chi connectivity index (χ0v) is 12.4. The fourth-order valence-corrected chi connectivity index (χ4v) is 4.26. The van der Waals surface area contributed by atoms with Gasteiger partial charge in [0.05, 0.1) is 10.8 Å². The third kappa shape index (κ3) is 1.49. The average Bonchev–Trinajstić information content (AvgIpc) is 2.81. The highest BCUT2D eigenvalue weighted by Gasteiger charge is 2.30. The van der Waals surface area contributed by atoms with E-state index in [0.29, 0.717) is 5.25 Å². The molecule has 0 spiro atoms. The first-order valence-electron chi connectivity index (χ1n) is 6.81. The minimum Gasteiger partial charge on any atom is -0.256 e. The second-order valence-corrected chi connectivity index (χ2v) is 6.19. The van der Waals surface area contributed by atoms with Crippen LogP contribution in [-0.2, 0) is 0 Å². The van der Waals surface area contributed by atoms with Crippen molar-refractivity contribution < 1.29 is 0 Å². The van der Waals surface area contributed by atoms with Crippen LogP contribution in [-0.4, -0.2) is 11.2 Å². The molecular weight excluding hydrogens is 262 g/mol. The lowest BCUT2D eigenvalue weighted by molar-refractivity contribution is 1.23. The molecule has 20 heavy (non-hydrogen) atoms. The summed E-state index contributed by atoms with van der Waals surface area (Å²) in [6, 6.07) is 15.3. The number of nitrogens with zero attached hydrogens (tertiary/aromatic N) is 1. The fourth-order valence-electron chi connectivity index (χ4n) is 3.32. The van der Waals surface area contributed by atoms with Gasteiger partial charge in [0.25, 0.3) is 0 Å². The number of aryl methyl sites for hydroxylation is 1. The van der Waals surface area contributed by atoms with Crippen LogP contribution in [0, 0.1) is 6.92 Å². The SMILES string of the molecule is CSC1c2ccccc2-c2ccc3nccc(C)c3c21. The first-order chi connectivity index (χ1) is 9.81. The van der Waals surface area contributed by atoms with Crippen LogP contribution in [0.4, 0.5) is 0 Å².